The molecule has 1 amide bonds. The summed E-state index contributed by atoms with van der Waals surface area (Å²) in [7, 11) is -2.52. The number of carbonyl (C=O) groups is 2. The second kappa shape index (κ2) is 8.97. The number of carbonyl (C=O) groups excluding carboxylic acids is 2. The Morgan fingerprint density at radius 3 is 2.50 bits per heavy atom. The van der Waals surface area contributed by atoms with E-state index < -0.39 is 28.6 Å². The molecule has 0 aliphatic carbocycles. The van der Waals surface area contributed by atoms with E-state index in [2.05, 4.69) is 0 Å². The van der Waals surface area contributed by atoms with Crippen LogP contribution in [0.3, 0.4) is 0 Å². The van der Waals surface area contributed by atoms with Crippen molar-refractivity contribution >= 4 is 27.6 Å². The summed E-state index contributed by atoms with van der Waals surface area (Å²) in [6.07, 6.45) is 0.718. The van der Waals surface area contributed by atoms with Crippen LogP contribution in [-0.2, 0) is 30.8 Å². The third kappa shape index (κ3) is 4.71. The fraction of sp³-hybridized carbons (Fsp3) is 0.364. The van der Waals surface area contributed by atoms with Crippen molar-refractivity contribution in [1.82, 2.24) is 4.31 Å². The summed E-state index contributed by atoms with van der Waals surface area (Å²) in [5.41, 5.74) is 2.85. The average Bonchev–Trinajstić information content (AvgIpc) is 2.72. The molecular formula is C22H26N2O5S. The summed E-state index contributed by atoms with van der Waals surface area (Å²) in [4.78, 5) is 26.9. The van der Waals surface area contributed by atoms with Gasteiger partial charge >= 0.3 is 5.97 Å². The Bertz CT molecular complexity index is 1030. The largest absolute Gasteiger partial charge is 0.452 e. The Balaban J connectivity index is 1.63. The molecule has 0 saturated heterocycles. The van der Waals surface area contributed by atoms with E-state index in [0.717, 1.165) is 34.0 Å². The van der Waals surface area contributed by atoms with Gasteiger partial charge in [0.25, 0.3) is 5.91 Å². The maximum Gasteiger partial charge on any atom is 0.322 e. The molecule has 0 radical (unpaired) electrons. The standard InChI is InChI=1S/C22H26N2O5S/c1-16-10-12-19(13-11-16)30(27,28)23(3)15-21(25)29-17(2)22(26)24-14-6-8-18-7-4-5-9-20(18)24/h4-5,7,9-13,17H,6,8,14-15H2,1-3H3. The highest BCUT2D eigenvalue weighted by molar-refractivity contribution is 7.89. The number of rotatable bonds is 6. The van der Waals surface area contributed by atoms with Gasteiger partial charge in [0.05, 0.1) is 4.90 Å². The molecule has 1 heterocycles. The number of hydrogen-bond donors (Lipinski definition) is 0. The molecule has 1 aliphatic rings. The maximum absolute atomic E-state index is 12.8. The minimum Gasteiger partial charge on any atom is -0.452 e. The minimum absolute atomic E-state index is 0.0949. The topological polar surface area (TPSA) is 84.0 Å². The monoisotopic (exact) mass is 430 g/mol. The first kappa shape index (κ1) is 22.0. The van der Waals surface area contributed by atoms with E-state index in [4.69, 9.17) is 4.74 Å². The fourth-order valence-electron chi connectivity index (χ4n) is 3.42. The predicted molar refractivity (Wildman–Crippen MR) is 114 cm³/mol. The number of esters is 1. The molecule has 8 heteroatoms. The number of fused-ring (bicyclic) bond motifs is 1. The number of likely N-dealkylation sites (N-methyl/N-ethyl adjacent to an activating group) is 1. The molecular weight excluding hydrogens is 404 g/mol. The second-order valence-corrected chi connectivity index (χ2v) is 9.47. The lowest BCUT2D eigenvalue weighted by atomic mass is 10.0. The third-order valence-corrected chi connectivity index (χ3v) is 6.93. The smallest absolute Gasteiger partial charge is 0.322 e. The van der Waals surface area contributed by atoms with Gasteiger partial charge < -0.3 is 9.64 Å². The van der Waals surface area contributed by atoms with E-state index in [1.807, 2.05) is 31.2 Å². The third-order valence-electron chi connectivity index (χ3n) is 5.11. The van der Waals surface area contributed by atoms with E-state index in [1.165, 1.54) is 26.1 Å². The van der Waals surface area contributed by atoms with Crippen molar-refractivity contribution < 1.29 is 22.7 Å². The van der Waals surface area contributed by atoms with Crippen molar-refractivity contribution in [2.75, 3.05) is 25.0 Å². The van der Waals surface area contributed by atoms with Crippen LogP contribution in [0, 0.1) is 6.92 Å². The van der Waals surface area contributed by atoms with E-state index in [-0.39, 0.29) is 10.8 Å². The van der Waals surface area contributed by atoms with Crippen molar-refractivity contribution in [3.8, 4) is 0 Å². The van der Waals surface area contributed by atoms with Crippen LogP contribution in [0.1, 0.15) is 24.5 Å². The van der Waals surface area contributed by atoms with Crippen LogP contribution < -0.4 is 4.90 Å². The number of amides is 1. The molecule has 2 aromatic carbocycles. The molecule has 7 nitrogen and oxygen atoms in total. The second-order valence-electron chi connectivity index (χ2n) is 7.43. The van der Waals surface area contributed by atoms with E-state index in [1.54, 1.807) is 17.0 Å². The van der Waals surface area contributed by atoms with Crippen molar-refractivity contribution in [2.45, 2.75) is 37.7 Å². The zero-order valence-electron chi connectivity index (χ0n) is 17.4. The van der Waals surface area contributed by atoms with Gasteiger partial charge in [0.2, 0.25) is 10.0 Å². The number of benzene rings is 2. The average molecular weight is 431 g/mol. The molecule has 1 unspecified atom stereocenters. The Labute approximate surface area is 177 Å². The molecule has 160 valence electrons. The molecule has 0 aromatic heterocycles. The van der Waals surface area contributed by atoms with E-state index in [0.29, 0.717) is 6.54 Å². The molecule has 0 N–H and O–H groups in total. The Kier molecular flexibility index (Phi) is 6.58. The number of sulfonamides is 1. The van der Waals surface area contributed by atoms with Crippen LogP contribution in [0.25, 0.3) is 0 Å². The van der Waals surface area contributed by atoms with Gasteiger partial charge in [0.1, 0.15) is 6.54 Å². The zero-order valence-corrected chi connectivity index (χ0v) is 18.2. The van der Waals surface area contributed by atoms with Crippen LogP contribution in [0.5, 0.6) is 0 Å². The maximum atomic E-state index is 12.8. The molecule has 3 rings (SSSR count). The van der Waals surface area contributed by atoms with E-state index >= 15 is 0 Å². The normalized spacial score (nSPS) is 14.9. The molecule has 0 bridgehead atoms. The van der Waals surface area contributed by atoms with E-state index in [9.17, 15) is 18.0 Å². The molecule has 0 saturated carbocycles. The highest BCUT2D eigenvalue weighted by Gasteiger charge is 2.30. The van der Waals surface area contributed by atoms with Gasteiger partial charge in [0, 0.05) is 19.3 Å². The van der Waals surface area contributed by atoms with Crippen LogP contribution in [-0.4, -0.2) is 50.8 Å². The lowest BCUT2D eigenvalue weighted by Gasteiger charge is -2.31. The van der Waals surface area contributed by atoms with Crippen LogP contribution in [0.15, 0.2) is 53.4 Å². The number of aryl methyl sites for hydroxylation is 2. The predicted octanol–water partition coefficient (Wildman–Crippen LogP) is 2.53. The first-order chi connectivity index (χ1) is 14.2. The quantitative estimate of drug-likeness (QED) is 0.658. The van der Waals surface area contributed by atoms with Gasteiger partial charge in [-0.05, 0) is 50.5 Å². The first-order valence-corrected chi connectivity index (χ1v) is 11.3. The van der Waals surface area contributed by atoms with Crippen molar-refractivity contribution in [3.63, 3.8) is 0 Å². The summed E-state index contributed by atoms with van der Waals surface area (Å²) < 4.78 is 31.4. The summed E-state index contributed by atoms with van der Waals surface area (Å²) in [6.45, 7) is 3.44. The summed E-state index contributed by atoms with van der Waals surface area (Å²) >= 11 is 0. The number of ether oxygens (including phenoxy) is 1. The molecule has 30 heavy (non-hydrogen) atoms. The van der Waals surface area contributed by atoms with Crippen LogP contribution in [0.2, 0.25) is 0 Å². The van der Waals surface area contributed by atoms with Gasteiger partial charge in [-0.15, -0.1) is 0 Å². The number of hydrogen-bond acceptors (Lipinski definition) is 5. The van der Waals surface area contributed by atoms with Gasteiger partial charge in [-0.2, -0.15) is 4.31 Å². The Morgan fingerprint density at radius 1 is 1.13 bits per heavy atom. The summed E-state index contributed by atoms with van der Waals surface area (Å²) in [5.74, 6) is -1.10. The fourth-order valence-corrected chi connectivity index (χ4v) is 4.54. The van der Waals surface area contributed by atoms with Crippen molar-refractivity contribution in [2.24, 2.45) is 0 Å². The molecule has 1 aliphatic heterocycles. The lowest BCUT2D eigenvalue weighted by molar-refractivity contribution is -0.153. The van der Waals surface area contributed by atoms with Crippen LogP contribution >= 0.6 is 0 Å². The van der Waals surface area contributed by atoms with Gasteiger partial charge in [-0.3, -0.25) is 9.59 Å². The Morgan fingerprint density at radius 2 is 1.80 bits per heavy atom. The SMILES string of the molecule is Cc1ccc(S(=O)(=O)N(C)CC(=O)OC(C)C(=O)N2CCCc3ccccc32)cc1. The number of anilines is 1. The highest BCUT2D eigenvalue weighted by Crippen LogP contribution is 2.27. The number of nitrogens with zero attached hydrogens (tertiary/aromatic N) is 2. The van der Waals surface area contributed by atoms with Gasteiger partial charge in [-0.1, -0.05) is 35.9 Å². The van der Waals surface area contributed by atoms with Gasteiger partial charge in [-0.25, -0.2) is 8.42 Å². The molecule has 0 fully saturated rings. The lowest BCUT2D eigenvalue weighted by Crippen LogP contribution is -2.44. The minimum atomic E-state index is -3.83. The van der Waals surface area contributed by atoms with Crippen molar-refractivity contribution in [3.05, 3.63) is 59.7 Å². The number of para-hydroxylation sites is 1. The molecule has 2 aromatic rings. The summed E-state index contributed by atoms with van der Waals surface area (Å²) in [5, 5.41) is 0. The zero-order chi connectivity index (χ0) is 21.9. The molecule has 1 atom stereocenters. The van der Waals surface area contributed by atoms with Crippen LogP contribution in [0.4, 0.5) is 5.69 Å². The van der Waals surface area contributed by atoms with Crippen molar-refractivity contribution in [1.29, 1.82) is 0 Å². The highest BCUT2D eigenvalue weighted by atomic mass is 32.2. The Hall–Kier alpha value is -2.71. The van der Waals surface area contributed by atoms with Gasteiger partial charge in [0.15, 0.2) is 6.10 Å². The molecule has 0 spiro atoms. The first-order valence-electron chi connectivity index (χ1n) is 9.82. The summed E-state index contributed by atoms with van der Waals surface area (Å²) in [6, 6.07) is 14.0.